The number of hydrogen-bond donors (Lipinski definition) is 0. The highest BCUT2D eigenvalue weighted by Gasteiger charge is 2.36. The van der Waals surface area contributed by atoms with E-state index in [1.54, 1.807) is 30.3 Å². The van der Waals surface area contributed by atoms with E-state index in [1.165, 1.54) is 41.5 Å². The molecule has 9 heteroatoms. The molecule has 1 aromatic heterocycles. The number of fused-ring (bicyclic) bond motifs is 1. The van der Waals surface area contributed by atoms with Crippen LogP contribution in [-0.4, -0.2) is 36.8 Å². The molecule has 214 valence electrons. The van der Waals surface area contributed by atoms with Crippen LogP contribution in [0.25, 0.3) is 10.8 Å². The van der Waals surface area contributed by atoms with Gasteiger partial charge in [0.15, 0.2) is 12.4 Å². The zero-order chi connectivity index (χ0) is 29.8. The summed E-state index contributed by atoms with van der Waals surface area (Å²) >= 11 is 0. The number of rotatable bonds is 9. The van der Waals surface area contributed by atoms with Crippen LogP contribution in [-0.2, 0) is 14.3 Å². The number of furan rings is 1. The second-order valence-corrected chi connectivity index (χ2v) is 9.90. The fourth-order valence-corrected chi connectivity index (χ4v) is 4.82. The molecule has 0 N–H and O–H groups in total. The number of hydrogen-bond acceptors (Lipinski definition) is 8. The number of carbonyl (C=O) groups is 4. The summed E-state index contributed by atoms with van der Waals surface area (Å²) in [6, 6.07) is 29.8. The van der Waals surface area contributed by atoms with Crippen molar-refractivity contribution in [2.24, 2.45) is 5.92 Å². The molecule has 0 aliphatic carbocycles. The van der Waals surface area contributed by atoms with Gasteiger partial charge in [-0.1, -0.05) is 36.4 Å². The Morgan fingerprint density at radius 2 is 1.56 bits per heavy atom. The van der Waals surface area contributed by atoms with Gasteiger partial charge in [-0.15, -0.1) is 0 Å². The van der Waals surface area contributed by atoms with Crippen molar-refractivity contribution in [1.29, 1.82) is 0 Å². The minimum absolute atomic E-state index is 0.0169. The van der Waals surface area contributed by atoms with Crippen LogP contribution in [0.1, 0.15) is 27.3 Å². The first-order valence-corrected chi connectivity index (χ1v) is 13.6. The Morgan fingerprint density at radius 1 is 0.814 bits per heavy atom. The van der Waals surface area contributed by atoms with E-state index in [1.807, 2.05) is 42.5 Å². The minimum atomic E-state index is -0.699. The van der Waals surface area contributed by atoms with Gasteiger partial charge in [0.05, 0.1) is 12.2 Å². The maximum atomic E-state index is 12.7. The molecule has 43 heavy (non-hydrogen) atoms. The highest BCUT2D eigenvalue weighted by atomic mass is 16.5. The molecule has 0 saturated carbocycles. The summed E-state index contributed by atoms with van der Waals surface area (Å²) in [5, 5.41) is 2.06. The molecule has 6 rings (SSSR count). The molecule has 1 aliphatic heterocycles. The van der Waals surface area contributed by atoms with Gasteiger partial charge in [0.1, 0.15) is 17.2 Å². The van der Waals surface area contributed by atoms with E-state index < -0.39 is 30.2 Å². The number of ketones is 1. The molecular weight excluding hydrogens is 550 g/mol. The van der Waals surface area contributed by atoms with Crippen molar-refractivity contribution in [3.05, 3.63) is 121 Å². The van der Waals surface area contributed by atoms with Crippen molar-refractivity contribution in [2.45, 2.75) is 6.42 Å². The molecule has 0 spiro atoms. The van der Waals surface area contributed by atoms with Crippen LogP contribution < -0.4 is 14.4 Å². The Hall–Kier alpha value is -5.70. The fourth-order valence-electron chi connectivity index (χ4n) is 4.82. The van der Waals surface area contributed by atoms with Crippen molar-refractivity contribution in [3.63, 3.8) is 0 Å². The normalized spacial score (nSPS) is 14.5. The number of esters is 2. The van der Waals surface area contributed by atoms with Crippen LogP contribution in [0.3, 0.4) is 0 Å². The van der Waals surface area contributed by atoms with Crippen LogP contribution in [0.15, 0.2) is 114 Å². The lowest BCUT2D eigenvalue weighted by Crippen LogP contribution is -2.27. The first-order valence-electron chi connectivity index (χ1n) is 13.6. The summed E-state index contributed by atoms with van der Waals surface area (Å²) in [4.78, 5) is 51.5. The van der Waals surface area contributed by atoms with Crippen LogP contribution in [0.2, 0.25) is 0 Å². The number of benzene rings is 4. The third-order valence-corrected chi connectivity index (χ3v) is 7.04. The highest BCUT2D eigenvalue weighted by Crippen LogP contribution is 2.32. The first-order chi connectivity index (χ1) is 20.9. The topological polar surface area (TPSA) is 112 Å². The molecule has 0 bridgehead atoms. The Labute approximate surface area is 246 Å². The Balaban J connectivity index is 1.01. The van der Waals surface area contributed by atoms with E-state index in [2.05, 4.69) is 0 Å². The summed E-state index contributed by atoms with van der Waals surface area (Å²) < 4.78 is 21.5. The Kier molecular flexibility index (Phi) is 7.69. The standard InChI is InChI=1S/C34H25NO8/c36-29(23-10-14-27(15-11-23)43-34(39)31-9-4-18-40-31)21-41-33(38)24-19-32(37)35(20-24)25-12-16-26(17-13-25)42-30-8-3-6-22-5-1-2-7-28(22)30/h1-18,24H,19-21H2/t24-/m0/s1. The average Bonchev–Trinajstić information content (AvgIpc) is 3.71. The van der Waals surface area contributed by atoms with Crippen molar-refractivity contribution in [3.8, 4) is 17.2 Å². The van der Waals surface area contributed by atoms with Gasteiger partial charge in [-0.3, -0.25) is 14.4 Å². The van der Waals surface area contributed by atoms with Crippen LogP contribution in [0.5, 0.6) is 17.2 Å². The third-order valence-electron chi connectivity index (χ3n) is 7.04. The molecule has 1 fully saturated rings. The van der Waals surface area contributed by atoms with Crippen molar-refractivity contribution in [1.82, 2.24) is 0 Å². The number of amides is 1. The van der Waals surface area contributed by atoms with Crippen molar-refractivity contribution in [2.75, 3.05) is 18.1 Å². The highest BCUT2D eigenvalue weighted by molar-refractivity contribution is 6.01. The van der Waals surface area contributed by atoms with Gasteiger partial charge in [0, 0.05) is 29.6 Å². The lowest BCUT2D eigenvalue weighted by atomic mass is 10.1. The van der Waals surface area contributed by atoms with Crippen LogP contribution in [0, 0.1) is 5.92 Å². The van der Waals surface area contributed by atoms with Crippen molar-refractivity contribution < 1.29 is 37.8 Å². The van der Waals surface area contributed by atoms with Gasteiger partial charge in [0.2, 0.25) is 11.7 Å². The lowest BCUT2D eigenvalue weighted by Gasteiger charge is -2.17. The maximum Gasteiger partial charge on any atom is 0.379 e. The van der Waals surface area contributed by atoms with E-state index in [9.17, 15) is 19.2 Å². The smallest absolute Gasteiger partial charge is 0.379 e. The first kappa shape index (κ1) is 27.5. The van der Waals surface area contributed by atoms with Crippen LogP contribution in [0.4, 0.5) is 5.69 Å². The molecule has 0 radical (unpaired) electrons. The number of carbonyl (C=O) groups excluding carboxylic acids is 4. The minimum Gasteiger partial charge on any atom is -0.457 e. The molecule has 9 nitrogen and oxygen atoms in total. The van der Waals surface area contributed by atoms with Gasteiger partial charge < -0.3 is 23.5 Å². The number of anilines is 1. The fraction of sp³-hybridized carbons (Fsp3) is 0.118. The summed E-state index contributed by atoms with van der Waals surface area (Å²) in [6.07, 6.45) is 1.34. The number of Topliss-reactive ketones (excluding diaryl/α,β-unsaturated/α-hetero) is 1. The summed E-state index contributed by atoms with van der Waals surface area (Å²) in [7, 11) is 0. The maximum absolute atomic E-state index is 12.7. The van der Waals surface area contributed by atoms with E-state index >= 15 is 0 Å². The van der Waals surface area contributed by atoms with Gasteiger partial charge in [-0.2, -0.15) is 0 Å². The average molecular weight is 576 g/mol. The molecule has 5 aromatic rings. The molecule has 4 aromatic carbocycles. The lowest BCUT2D eigenvalue weighted by molar-refractivity contribution is -0.147. The predicted octanol–water partition coefficient (Wildman–Crippen LogP) is 6.22. The zero-order valence-corrected chi connectivity index (χ0v) is 22.8. The summed E-state index contributed by atoms with van der Waals surface area (Å²) in [5.41, 5.74) is 0.912. The second-order valence-electron chi connectivity index (χ2n) is 9.90. The second kappa shape index (κ2) is 12.0. The van der Waals surface area contributed by atoms with E-state index in [0.29, 0.717) is 11.4 Å². The Bertz CT molecular complexity index is 1790. The van der Waals surface area contributed by atoms with Gasteiger partial charge in [-0.25, -0.2) is 4.79 Å². The summed E-state index contributed by atoms with van der Waals surface area (Å²) in [5.74, 6) is -1.000. The molecule has 2 heterocycles. The molecule has 1 saturated heterocycles. The third kappa shape index (κ3) is 6.15. The molecule has 1 atom stereocenters. The summed E-state index contributed by atoms with van der Waals surface area (Å²) in [6.45, 7) is -0.333. The van der Waals surface area contributed by atoms with Crippen molar-refractivity contribution >= 4 is 40.1 Å². The van der Waals surface area contributed by atoms with Gasteiger partial charge >= 0.3 is 11.9 Å². The molecule has 0 unspecified atom stereocenters. The zero-order valence-electron chi connectivity index (χ0n) is 22.8. The molecular formula is C34H25NO8. The predicted molar refractivity (Wildman–Crippen MR) is 156 cm³/mol. The SMILES string of the molecule is O=C(COC(=O)[C@H]1CC(=O)N(c2ccc(Oc3cccc4ccccc34)cc2)C1)c1ccc(OC(=O)c2ccco2)cc1. The van der Waals surface area contributed by atoms with E-state index in [0.717, 1.165) is 16.5 Å². The molecule has 1 amide bonds. The quantitative estimate of drug-likeness (QED) is 0.116. The largest absolute Gasteiger partial charge is 0.457 e. The monoisotopic (exact) mass is 575 g/mol. The number of ether oxygens (including phenoxy) is 3. The Morgan fingerprint density at radius 3 is 2.33 bits per heavy atom. The van der Waals surface area contributed by atoms with Gasteiger partial charge in [-0.05, 0) is 72.1 Å². The molecule has 1 aliphatic rings. The van der Waals surface area contributed by atoms with Gasteiger partial charge in [0.25, 0.3) is 0 Å². The van der Waals surface area contributed by atoms with Crippen LogP contribution >= 0.6 is 0 Å². The van der Waals surface area contributed by atoms with E-state index in [4.69, 9.17) is 18.6 Å². The van der Waals surface area contributed by atoms with E-state index in [-0.39, 0.29) is 35.9 Å². The number of nitrogens with zero attached hydrogens (tertiary/aromatic N) is 1.